The fraction of sp³-hybridized carbons (Fsp3) is 0.733. The first-order chi connectivity index (χ1) is 9.61. The molecule has 21 heavy (non-hydrogen) atoms. The van der Waals surface area contributed by atoms with Crippen LogP contribution in [-0.4, -0.2) is 25.6 Å². The van der Waals surface area contributed by atoms with Gasteiger partial charge in [-0.2, -0.15) is 0 Å². The van der Waals surface area contributed by atoms with Crippen LogP contribution in [-0.2, 0) is 23.1 Å². The first kappa shape index (κ1) is 18.2. The molecule has 0 aromatic carbocycles. The zero-order chi connectivity index (χ0) is 16.3. The van der Waals surface area contributed by atoms with E-state index in [4.69, 9.17) is 0 Å². The van der Waals surface area contributed by atoms with Gasteiger partial charge in [-0.05, 0) is 31.9 Å². The summed E-state index contributed by atoms with van der Waals surface area (Å²) in [6.45, 7) is 14.3. The number of hydrogen-bond donors (Lipinski definition) is 2. The molecule has 0 saturated carbocycles. The van der Waals surface area contributed by atoms with Gasteiger partial charge in [0.15, 0.2) is 0 Å². The second-order valence-electron chi connectivity index (χ2n) is 6.44. The van der Waals surface area contributed by atoms with Crippen molar-refractivity contribution < 1.29 is 8.42 Å². The summed E-state index contributed by atoms with van der Waals surface area (Å²) in [6.07, 6.45) is 1.71. The van der Waals surface area contributed by atoms with Crippen molar-refractivity contribution >= 4 is 10.0 Å². The van der Waals surface area contributed by atoms with E-state index in [1.807, 2.05) is 46.1 Å². The van der Waals surface area contributed by atoms with E-state index < -0.39 is 10.0 Å². The predicted octanol–water partition coefficient (Wildman–Crippen LogP) is 2.33. The van der Waals surface area contributed by atoms with Gasteiger partial charge >= 0.3 is 0 Å². The highest BCUT2D eigenvalue weighted by molar-refractivity contribution is 7.89. The lowest BCUT2D eigenvalue weighted by molar-refractivity contribution is 0.317. The van der Waals surface area contributed by atoms with Crippen LogP contribution in [0.5, 0.6) is 0 Å². The van der Waals surface area contributed by atoms with Crippen LogP contribution < -0.4 is 10.0 Å². The maximum absolute atomic E-state index is 12.5. The normalized spacial score (nSPS) is 14.4. The molecule has 1 unspecified atom stereocenters. The molecule has 0 bridgehead atoms. The molecule has 0 aliphatic rings. The van der Waals surface area contributed by atoms with E-state index in [0.29, 0.717) is 11.4 Å². The van der Waals surface area contributed by atoms with Gasteiger partial charge in [0.2, 0.25) is 10.0 Å². The first-order valence-electron chi connectivity index (χ1n) is 7.54. The summed E-state index contributed by atoms with van der Waals surface area (Å²) in [6, 6.07) is 1.62. The second kappa shape index (κ2) is 6.94. The Morgan fingerprint density at radius 1 is 1.29 bits per heavy atom. The first-order valence-corrected chi connectivity index (χ1v) is 9.02. The minimum Gasteiger partial charge on any atom is -0.349 e. The van der Waals surface area contributed by atoms with Gasteiger partial charge in [0.05, 0.1) is 4.90 Å². The minimum absolute atomic E-state index is 0.118. The molecule has 0 aliphatic heterocycles. The molecule has 1 atom stereocenters. The van der Waals surface area contributed by atoms with Gasteiger partial charge in [-0.15, -0.1) is 0 Å². The van der Waals surface area contributed by atoms with Crippen LogP contribution >= 0.6 is 0 Å². The number of nitrogens with one attached hydrogen (secondary N) is 2. The monoisotopic (exact) mass is 315 g/mol. The van der Waals surface area contributed by atoms with Gasteiger partial charge in [-0.3, -0.25) is 0 Å². The highest BCUT2D eigenvalue weighted by atomic mass is 32.2. The molecule has 122 valence electrons. The van der Waals surface area contributed by atoms with Crippen LogP contribution in [0.3, 0.4) is 0 Å². The number of aromatic nitrogens is 1. The Morgan fingerprint density at radius 3 is 2.38 bits per heavy atom. The third-order valence-corrected chi connectivity index (χ3v) is 5.31. The molecule has 0 spiro atoms. The van der Waals surface area contributed by atoms with E-state index >= 15 is 0 Å². The molecule has 2 N–H and O–H groups in total. The molecule has 1 aromatic rings. The van der Waals surface area contributed by atoms with Crippen molar-refractivity contribution in [2.24, 2.45) is 5.41 Å². The Balaban J connectivity index is 3.01. The number of nitrogens with zero attached hydrogens (tertiary/aromatic N) is 1. The average Bonchev–Trinajstić information content (AvgIpc) is 2.78. The van der Waals surface area contributed by atoms with Crippen molar-refractivity contribution in [1.29, 1.82) is 0 Å². The summed E-state index contributed by atoms with van der Waals surface area (Å²) < 4.78 is 29.7. The molecule has 0 radical (unpaired) electrons. The second-order valence-corrected chi connectivity index (χ2v) is 8.16. The highest BCUT2D eigenvalue weighted by Crippen LogP contribution is 2.22. The molecule has 1 rings (SSSR count). The summed E-state index contributed by atoms with van der Waals surface area (Å²) >= 11 is 0. The summed E-state index contributed by atoms with van der Waals surface area (Å²) in [5.41, 5.74) is 0.871. The van der Waals surface area contributed by atoms with Crippen LogP contribution in [0.15, 0.2) is 17.2 Å². The fourth-order valence-corrected chi connectivity index (χ4v) is 3.36. The highest BCUT2D eigenvalue weighted by Gasteiger charge is 2.27. The van der Waals surface area contributed by atoms with Gasteiger partial charge in [-0.25, -0.2) is 13.1 Å². The average molecular weight is 315 g/mol. The maximum atomic E-state index is 12.5. The van der Waals surface area contributed by atoms with Crippen molar-refractivity contribution in [2.45, 2.75) is 65.6 Å². The Hall–Kier alpha value is -0.850. The summed E-state index contributed by atoms with van der Waals surface area (Å²) in [4.78, 5) is 0.341. The Morgan fingerprint density at radius 2 is 1.90 bits per heavy atom. The van der Waals surface area contributed by atoms with Crippen molar-refractivity contribution in [1.82, 2.24) is 14.6 Å². The van der Waals surface area contributed by atoms with E-state index in [2.05, 4.69) is 10.0 Å². The zero-order valence-corrected chi connectivity index (χ0v) is 14.8. The number of sulfonamides is 1. The standard InChI is InChI=1S/C15H29N3O2S/c1-7-16-10-13-9-14(11-18(13)8-2)21(19,20)17-12(3)15(4,5)6/h9,11-12,16-17H,7-8,10H2,1-6H3. The van der Waals surface area contributed by atoms with E-state index in [1.165, 1.54) is 0 Å². The molecule has 0 saturated heterocycles. The van der Waals surface area contributed by atoms with E-state index in [9.17, 15) is 8.42 Å². The van der Waals surface area contributed by atoms with Gasteiger partial charge in [0.1, 0.15) is 0 Å². The number of hydrogen-bond acceptors (Lipinski definition) is 3. The molecule has 1 heterocycles. The van der Waals surface area contributed by atoms with Crippen LogP contribution in [0.1, 0.15) is 47.2 Å². The van der Waals surface area contributed by atoms with E-state index in [0.717, 1.165) is 18.8 Å². The lowest BCUT2D eigenvalue weighted by Gasteiger charge is -2.27. The zero-order valence-electron chi connectivity index (χ0n) is 14.0. The summed E-state index contributed by atoms with van der Waals surface area (Å²) in [5, 5.41) is 3.23. The van der Waals surface area contributed by atoms with Crippen LogP contribution in [0.4, 0.5) is 0 Å². The molecule has 0 aliphatic carbocycles. The van der Waals surface area contributed by atoms with E-state index in [1.54, 1.807) is 12.3 Å². The van der Waals surface area contributed by atoms with E-state index in [-0.39, 0.29) is 11.5 Å². The summed E-state index contributed by atoms with van der Waals surface area (Å²) in [7, 11) is -3.48. The van der Waals surface area contributed by atoms with Crippen LogP contribution in [0.2, 0.25) is 0 Å². The SMILES string of the molecule is CCNCc1cc(S(=O)(=O)NC(C)C(C)(C)C)cn1CC. The van der Waals surface area contributed by atoms with Gasteiger partial charge < -0.3 is 9.88 Å². The summed E-state index contributed by atoms with van der Waals surface area (Å²) in [5.74, 6) is 0. The predicted molar refractivity (Wildman–Crippen MR) is 86.7 cm³/mol. The fourth-order valence-electron chi connectivity index (χ4n) is 1.85. The van der Waals surface area contributed by atoms with Gasteiger partial charge in [-0.1, -0.05) is 27.7 Å². The lowest BCUT2D eigenvalue weighted by atomic mass is 9.89. The van der Waals surface area contributed by atoms with Gasteiger partial charge in [0, 0.05) is 31.0 Å². The maximum Gasteiger partial charge on any atom is 0.242 e. The largest absolute Gasteiger partial charge is 0.349 e. The van der Waals surface area contributed by atoms with Crippen LogP contribution in [0, 0.1) is 5.41 Å². The van der Waals surface area contributed by atoms with Crippen molar-refractivity contribution in [3.8, 4) is 0 Å². The molecule has 0 fully saturated rings. The smallest absolute Gasteiger partial charge is 0.242 e. The topological polar surface area (TPSA) is 63.1 Å². The Bertz CT molecular complexity index is 556. The molecule has 0 amide bonds. The molecule has 6 heteroatoms. The third kappa shape index (κ3) is 4.83. The molecular formula is C15H29N3O2S. The third-order valence-electron chi connectivity index (χ3n) is 3.80. The van der Waals surface area contributed by atoms with Gasteiger partial charge in [0.25, 0.3) is 0 Å². The number of rotatable bonds is 7. The Kier molecular flexibility index (Phi) is 6.01. The molecule has 5 nitrogen and oxygen atoms in total. The lowest BCUT2D eigenvalue weighted by Crippen LogP contribution is -2.41. The minimum atomic E-state index is -3.48. The van der Waals surface area contributed by atoms with Crippen molar-refractivity contribution in [3.63, 3.8) is 0 Å². The van der Waals surface area contributed by atoms with Crippen molar-refractivity contribution in [3.05, 3.63) is 18.0 Å². The molecule has 1 aromatic heterocycles. The Labute approximate surface area is 129 Å². The van der Waals surface area contributed by atoms with Crippen LogP contribution in [0.25, 0.3) is 0 Å². The molecular weight excluding hydrogens is 286 g/mol. The number of aryl methyl sites for hydroxylation is 1. The quantitative estimate of drug-likeness (QED) is 0.812. The van der Waals surface area contributed by atoms with Crippen molar-refractivity contribution in [2.75, 3.05) is 6.54 Å².